The predicted molar refractivity (Wildman–Crippen MR) is 470 cm³/mol. The minimum absolute atomic E-state index is 0.195. The van der Waals surface area contributed by atoms with Gasteiger partial charge in [0.2, 0.25) is 0 Å². The van der Waals surface area contributed by atoms with E-state index < -0.39 is 12.1 Å². The van der Waals surface area contributed by atoms with Crippen molar-refractivity contribution >= 4 is 130 Å². The summed E-state index contributed by atoms with van der Waals surface area (Å²) in [7, 11) is 0. The third kappa shape index (κ3) is 10.2. The van der Waals surface area contributed by atoms with Crippen molar-refractivity contribution < 1.29 is 22.5 Å². The first-order chi connectivity index (χ1) is 59.3. The van der Waals surface area contributed by atoms with E-state index in [1.165, 1.54) is 10.8 Å². The van der Waals surface area contributed by atoms with Gasteiger partial charge in [0.25, 0.3) is 0 Å². The number of hydrogen-bond acceptors (Lipinski definition) is 2. The van der Waals surface area contributed by atoms with Crippen molar-refractivity contribution in [2.45, 2.75) is 0 Å². The molecule has 111 heavy (non-hydrogen) atoms. The highest BCUT2D eigenvalue weighted by Crippen LogP contribution is 2.52. The van der Waals surface area contributed by atoms with E-state index in [4.69, 9.17) is 22.5 Å². The van der Waals surface area contributed by atoms with Crippen LogP contribution < -0.4 is 0 Å². The maximum atomic E-state index is 9.06. The molecule has 20 aromatic carbocycles. The van der Waals surface area contributed by atoms with Gasteiger partial charge in [-0.15, -0.1) is 0 Å². The smallest absolute Gasteiger partial charge is 0.143 e. The number of fused-ring (bicyclic) bond motifs is 15. The van der Waals surface area contributed by atoms with Crippen molar-refractivity contribution in [3.05, 3.63) is 406 Å². The van der Waals surface area contributed by atoms with Crippen LogP contribution >= 0.6 is 0 Å². The Hall–Kier alpha value is -14.6. The topological polar surface area (TPSA) is 31.2 Å². The summed E-state index contributed by atoms with van der Waals surface area (Å²) in [4.78, 5) is 0. The average Bonchev–Trinajstić information content (AvgIpc) is 1.26. The highest BCUT2D eigenvalue weighted by Gasteiger charge is 2.26. The molecule has 0 saturated carbocycles. The Balaban J connectivity index is 0.000000148. The van der Waals surface area contributed by atoms with Crippen LogP contribution in [0.2, 0.25) is 0 Å². The zero-order chi connectivity index (χ0) is 81.7. The standard InChI is InChI=1S/C60H37NO.C48H30O/c1-3-17-38(18-4-1)57-48-22-7-9-24-50(48)58(51-25-10-8-23-49(51)57)46-29-15-28-43-42(46)27-16-30-47(43)59-41(35-36-56-60(59)52-26-12-14-32-55(52)62-56)39-33-34-45-44-21-11-13-31-53(44)61(54(45)37-39)40-19-5-2-6-20-40;1-3-15-31(16-4-1)33-29-30-42(47-43-23-11-12-28-44(43)49-48(33)47)36-26-13-25-35-34(36)24-14-27-37(35)46-40-21-9-7-19-38(40)45(32-17-5-2-6-18-32)39-20-8-10-22-41(39)46/h1-37H;1-30H/i1D,3D,4D,17D,18D;2D,5D,6D,17D,18D. The summed E-state index contributed by atoms with van der Waals surface area (Å²) in [6, 6.07) is 117. The molecule has 0 spiro atoms. The molecule has 0 atom stereocenters. The van der Waals surface area contributed by atoms with Crippen LogP contribution in [0.4, 0.5) is 0 Å². The third-order valence-corrected chi connectivity index (χ3v) is 22.5. The van der Waals surface area contributed by atoms with Gasteiger partial charge >= 0.3 is 0 Å². The molecular weight excluding hydrogens is 1340 g/mol. The summed E-state index contributed by atoms with van der Waals surface area (Å²) >= 11 is 0. The Morgan fingerprint density at radius 3 is 1.12 bits per heavy atom. The molecule has 3 aromatic heterocycles. The Kier molecular flexibility index (Phi) is 12.7. The Morgan fingerprint density at radius 1 is 0.198 bits per heavy atom. The SMILES string of the molecule is [2H]c1c([2H])c([2H])c(-c2c3ccccc3c(-c3cccc4c(-c5c(-c6ccc7c8ccccc8n(-c8ccccc8)c7c6)ccc6oc7ccccc7c56)cccc34)c3ccccc23)c([2H])c1[2H].[2H]c1c([2H])c([2H])c(-c2c3ccccc3c(-c3cccc4c(-c5ccc(-c6ccccc6)c6oc7ccccc7c56)cccc34)c3ccccc23)c([2H])c1[2H]. The Morgan fingerprint density at radius 2 is 0.586 bits per heavy atom. The van der Waals surface area contributed by atoms with Gasteiger partial charge in [-0.05, 0) is 191 Å². The van der Waals surface area contributed by atoms with Crippen LogP contribution in [-0.4, -0.2) is 4.57 Å². The summed E-state index contributed by atoms with van der Waals surface area (Å²) in [6.07, 6.45) is 0. The first kappa shape index (κ1) is 54.0. The minimum atomic E-state index is -0.409. The molecular formula is C108H67NO2. The van der Waals surface area contributed by atoms with Crippen molar-refractivity contribution in [3.63, 3.8) is 0 Å². The summed E-state index contributed by atoms with van der Waals surface area (Å²) in [5, 5.41) is 17.9. The van der Waals surface area contributed by atoms with E-state index in [-0.39, 0.29) is 59.5 Å². The Bertz CT molecular complexity index is 8180. The molecule has 0 radical (unpaired) electrons. The second-order valence-electron chi connectivity index (χ2n) is 28.3. The second-order valence-corrected chi connectivity index (χ2v) is 28.3. The number of aromatic nitrogens is 1. The molecule has 0 unspecified atom stereocenters. The number of hydrogen-bond donors (Lipinski definition) is 0. The molecule has 3 heteroatoms. The molecule has 23 aromatic rings. The van der Waals surface area contributed by atoms with E-state index in [2.05, 4.69) is 235 Å². The van der Waals surface area contributed by atoms with Crippen LogP contribution in [0.25, 0.3) is 225 Å². The zero-order valence-corrected chi connectivity index (χ0v) is 59.7. The largest absolute Gasteiger partial charge is 0.456 e. The number of benzene rings is 20. The molecule has 23 rings (SSSR count). The quantitative estimate of drug-likeness (QED) is 0.135. The van der Waals surface area contributed by atoms with E-state index in [9.17, 15) is 0 Å². The zero-order valence-electron chi connectivity index (χ0n) is 69.7. The Labute approximate surface area is 654 Å². The van der Waals surface area contributed by atoms with E-state index in [1.807, 2.05) is 115 Å². The van der Waals surface area contributed by atoms with Crippen LogP contribution in [0, 0.1) is 0 Å². The highest BCUT2D eigenvalue weighted by molar-refractivity contribution is 6.28. The van der Waals surface area contributed by atoms with Gasteiger partial charge in [0.05, 0.1) is 24.7 Å². The maximum Gasteiger partial charge on any atom is 0.143 e. The first-order valence-corrected chi connectivity index (χ1v) is 37.4. The van der Waals surface area contributed by atoms with Crippen molar-refractivity contribution in [3.8, 4) is 94.7 Å². The van der Waals surface area contributed by atoms with Crippen molar-refractivity contribution in [2.24, 2.45) is 0 Å². The van der Waals surface area contributed by atoms with Gasteiger partial charge in [-0.1, -0.05) is 358 Å². The molecule has 0 saturated heterocycles. The van der Waals surface area contributed by atoms with E-state index in [1.54, 1.807) is 0 Å². The fourth-order valence-corrected chi connectivity index (χ4v) is 17.9. The lowest BCUT2D eigenvalue weighted by molar-refractivity contribution is 0.669. The molecule has 3 nitrogen and oxygen atoms in total. The number of para-hydroxylation sites is 4. The summed E-state index contributed by atoms with van der Waals surface area (Å²) in [5.74, 6) is 0. The normalized spacial score (nSPS) is 13.0. The molecule has 516 valence electrons. The lowest BCUT2D eigenvalue weighted by atomic mass is 9.83. The number of furan rings is 2. The van der Waals surface area contributed by atoms with Crippen LogP contribution in [0.3, 0.4) is 0 Å². The summed E-state index contributed by atoms with van der Waals surface area (Å²) in [6.45, 7) is 0. The molecule has 0 aliphatic rings. The number of rotatable bonds is 9. The van der Waals surface area contributed by atoms with E-state index >= 15 is 0 Å². The maximum absolute atomic E-state index is 9.06. The van der Waals surface area contributed by atoms with Crippen LogP contribution in [0.1, 0.15) is 13.7 Å². The van der Waals surface area contributed by atoms with Gasteiger partial charge in [-0.2, -0.15) is 0 Å². The minimum Gasteiger partial charge on any atom is -0.456 e. The molecule has 3 heterocycles. The lowest BCUT2D eigenvalue weighted by Gasteiger charge is -2.20. The molecule has 0 bridgehead atoms. The monoisotopic (exact) mass is 1420 g/mol. The van der Waals surface area contributed by atoms with Gasteiger partial charge in [0, 0.05) is 49.1 Å². The van der Waals surface area contributed by atoms with Gasteiger partial charge in [0.1, 0.15) is 22.3 Å². The summed E-state index contributed by atoms with van der Waals surface area (Å²) in [5.41, 5.74) is 21.1. The van der Waals surface area contributed by atoms with Gasteiger partial charge in [-0.25, -0.2) is 0 Å². The van der Waals surface area contributed by atoms with Gasteiger partial charge in [-0.3, -0.25) is 0 Å². The van der Waals surface area contributed by atoms with E-state index in [0.717, 1.165) is 192 Å². The van der Waals surface area contributed by atoms with E-state index in [0.29, 0.717) is 11.1 Å². The lowest BCUT2D eigenvalue weighted by Crippen LogP contribution is -1.94. The van der Waals surface area contributed by atoms with Crippen molar-refractivity contribution in [2.75, 3.05) is 0 Å². The fourth-order valence-electron chi connectivity index (χ4n) is 17.9. The van der Waals surface area contributed by atoms with Crippen molar-refractivity contribution in [1.82, 2.24) is 4.57 Å². The van der Waals surface area contributed by atoms with Crippen LogP contribution in [-0.2, 0) is 0 Å². The molecule has 0 aliphatic carbocycles. The van der Waals surface area contributed by atoms with Crippen LogP contribution in [0.5, 0.6) is 0 Å². The van der Waals surface area contributed by atoms with Crippen molar-refractivity contribution in [1.29, 1.82) is 0 Å². The molecule has 0 fully saturated rings. The average molecular weight is 1420 g/mol. The van der Waals surface area contributed by atoms with Crippen LogP contribution in [0.15, 0.2) is 415 Å². The first-order valence-electron chi connectivity index (χ1n) is 42.4. The molecule has 0 amide bonds. The number of nitrogens with zero attached hydrogens (tertiary/aromatic N) is 1. The second kappa shape index (κ2) is 26.1. The third-order valence-electron chi connectivity index (χ3n) is 22.5. The fraction of sp³-hybridized carbons (Fsp3) is 0. The summed E-state index contributed by atoms with van der Waals surface area (Å²) < 4.78 is 102. The predicted octanol–water partition coefficient (Wildman–Crippen LogP) is 30.5. The van der Waals surface area contributed by atoms with Gasteiger partial charge < -0.3 is 13.4 Å². The van der Waals surface area contributed by atoms with Gasteiger partial charge in [0.15, 0.2) is 0 Å². The highest BCUT2D eigenvalue weighted by atomic mass is 16.3. The molecule has 0 N–H and O–H groups in total. The molecule has 0 aliphatic heterocycles.